The lowest BCUT2D eigenvalue weighted by Crippen LogP contribution is -2.16. The van der Waals surface area contributed by atoms with Crippen LogP contribution in [0.1, 0.15) is 11.1 Å². The molecule has 0 bridgehead atoms. The van der Waals surface area contributed by atoms with Crippen LogP contribution < -0.4 is 4.72 Å². The van der Waals surface area contributed by atoms with Gasteiger partial charge in [-0.1, -0.05) is 12.1 Å². The van der Waals surface area contributed by atoms with Crippen LogP contribution in [-0.2, 0) is 16.6 Å². The molecular formula is C14H13F2NO3S. The van der Waals surface area contributed by atoms with Crippen molar-refractivity contribution in [1.82, 2.24) is 0 Å². The summed E-state index contributed by atoms with van der Waals surface area (Å²) in [6, 6.07) is 6.70. The summed E-state index contributed by atoms with van der Waals surface area (Å²) in [7, 11) is -4.13. The molecular weight excluding hydrogens is 300 g/mol. The normalized spacial score (nSPS) is 11.4. The van der Waals surface area contributed by atoms with Gasteiger partial charge in [-0.25, -0.2) is 17.2 Å². The second-order valence-electron chi connectivity index (χ2n) is 4.47. The van der Waals surface area contributed by atoms with Gasteiger partial charge in [0.25, 0.3) is 10.0 Å². The fourth-order valence-corrected chi connectivity index (χ4v) is 3.18. The second kappa shape index (κ2) is 5.79. The van der Waals surface area contributed by atoms with Gasteiger partial charge in [0, 0.05) is 0 Å². The van der Waals surface area contributed by atoms with Crippen molar-refractivity contribution in [2.24, 2.45) is 0 Å². The van der Waals surface area contributed by atoms with Crippen LogP contribution in [0.15, 0.2) is 41.3 Å². The van der Waals surface area contributed by atoms with E-state index in [2.05, 4.69) is 4.72 Å². The number of rotatable bonds is 4. The van der Waals surface area contributed by atoms with Crippen LogP contribution in [0.4, 0.5) is 14.5 Å². The number of nitrogens with one attached hydrogen (secondary N) is 1. The van der Waals surface area contributed by atoms with E-state index in [0.29, 0.717) is 5.56 Å². The molecule has 2 rings (SSSR count). The number of anilines is 1. The molecule has 0 atom stereocenters. The summed E-state index contributed by atoms with van der Waals surface area (Å²) in [6.07, 6.45) is 0. The van der Waals surface area contributed by atoms with Crippen molar-refractivity contribution in [1.29, 1.82) is 0 Å². The van der Waals surface area contributed by atoms with Crippen molar-refractivity contribution in [2.45, 2.75) is 18.4 Å². The third kappa shape index (κ3) is 3.37. The SMILES string of the molecule is Cc1ccc(F)cc1NS(=O)(=O)c1cc(F)ccc1CO. The minimum Gasteiger partial charge on any atom is -0.392 e. The molecule has 0 fully saturated rings. The van der Waals surface area contributed by atoms with E-state index in [0.717, 1.165) is 18.2 Å². The molecule has 2 aromatic rings. The molecule has 0 saturated heterocycles. The first-order chi connectivity index (χ1) is 9.83. The first-order valence-electron chi connectivity index (χ1n) is 6.02. The van der Waals surface area contributed by atoms with E-state index in [4.69, 9.17) is 5.11 Å². The summed E-state index contributed by atoms with van der Waals surface area (Å²) in [5, 5.41) is 9.16. The molecule has 0 aliphatic heterocycles. The highest BCUT2D eigenvalue weighted by Crippen LogP contribution is 2.23. The number of aliphatic hydroxyl groups excluding tert-OH is 1. The van der Waals surface area contributed by atoms with Gasteiger partial charge in [0.2, 0.25) is 0 Å². The molecule has 21 heavy (non-hydrogen) atoms. The molecule has 0 aromatic heterocycles. The zero-order valence-corrected chi connectivity index (χ0v) is 11.9. The van der Waals surface area contributed by atoms with E-state index in [-0.39, 0.29) is 16.1 Å². The van der Waals surface area contributed by atoms with Gasteiger partial charge in [0.1, 0.15) is 11.6 Å². The van der Waals surface area contributed by atoms with Gasteiger partial charge in [0.15, 0.2) is 0 Å². The maximum absolute atomic E-state index is 13.3. The maximum Gasteiger partial charge on any atom is 0.262 e. The lowest BCUT2D eigenvalue weighted by atomic mass is 10.2. The minimum absolute atomic E-state index is 0.0537. The molecule has 0 radical (unpaired) electrons. The molecule has 0 spiro atoms. The summed E-state index contributed by atoms with van der Waals surface area (Å²) < 4.78 is 53.2. The van der Waals surface area contributed by atoms with Crippen LogP contribution in [0.25, 0.3) is 0 Å². The van der Waals surface area contributed by atoms with Crippen molar-refractivity contribution in [3.63, 3.8) is 0 Å². The number of aryl methyl sites for hydroxylation is 1. The molecule has 4 nitrogen and oxygen atoms in total. The van der Waals surface area contributed by atoms with Gasteiger partial charge < -0.3 is 5.11 Å². The molecule has 2 N–H and O–H groups in total. The summed E-state index contributed by atoms with van der Waals surface area (Å²) in [5.41, 5.74) is 0.628. The monoisotopic (exact) mass is 313 g/mol. The van der Waals surface area contributed by atoms with Crippen LogP contribution >= 0.6 is 0 Å². The summed E-state index contributed by atoms with van der Waals surface area (Å²) in [5.74, 6) is -1.34. The summed E-state index contributed by atoms with van der Waals surface area (Å²) in [4.78, 5) is -0.381. The summed E-state index contributed by atoms with van der Waals surface area (Å²) >= 11 is 0. The molecule has 0 heterocycles. The van der Waals surface area contributed by atoms with E-state index >= 15 is 0 Å². The summed E-state index contributed by atoms with van der Waals surface area (Å²) in [6.45, 7) is 1.05. The van der Waals surface area contributed by atoms with Gasteiger partial charge >= 0.3 is 0 Å². The fraction of sp³-hybridized carbons (Fsp3) is 0.143. The van der Waals surface area contributed by atoms with Crippen LogP contribution in [-0.4, -0.2) is 13.5 Å². The average molecular weight is 313 g/mol. The fourth-order valence-electron chi connectivity index (χ4n) is 1.81. The van der Waals surface area contributed by atoms with Crippen molar-refractivity contribution >= 4 is 15.7 Å². The van der Waals surface area contributed by atoms with Gasteiger partial charge in [0.05, 0.1) is 17.2 Å². The molecule has 112 valence electrons. The Labute approximate surface area is 121 Å². The smallest absolute Gasteiger partial charge is 0.262 e. The highest BCUT2D eigenvalue weighted by atomic mass is 32.2. The first-order valence-corrected chi connectivity index (χ1v) is 7.50. The van der Waals surface area contributed by atoms with Crippen LogP contribution in [0.2, 0.25) is 0 Å². The zero-order chi connectivity index (χ0) is 15.6. The van der Waals surface area contributed by atoms with Crippen LogP contribution in [0, 0.1) is 18.6 Å². The molecule has 0 aliphatic carbocycles. The van der Waals surface area contributed by atoms with Gasteiger partial charge in [-0.15, -0.1) is 0 Å². The Bertz CT molecular complexity index is 776. The Kier molecular flexibility index (Phi) is 4.24. The van der Waals surface area contributed by atoms with Crippen LogP contribution in [0.5, 0.6) is 0 Å². The van der Waals surface area contributed by atoms with Gasteiger partial charge in [-0.05, 0) is 42.3 Å². The number of hydrogen-bond donors (Lipinski definition) is 2. The van der Waals surface area contributed by atoms with Crippen molar-refractivity contribution in [3.05, 3.63) is 59.2 Å². The van der Waals surface area contributed by atoms with Crippen molar-refractivity contribution < 1.29 is 22.3 Å². The number of sulfonamides is 1. The highest BCUT2D eigenvalue weighted by Gasteiger charge is 2.20. The molecule has 0 amide bonds. The third-order valence-corrected chi connectivity index (χ3v) is 4.38. The lowest BCUT2D eigenvalue weighted by Gasteiger charge is -2.13. The Balaban J connectivity index is 2.48. The standard InChI is InChI=1S/C14H13F2NO3S/c1-9-2-4-11(15)6-13(9)17-21(19,20)14-7-12(16)5-3-10(14)8-18/h2-7,17-18H,8H2,1H3. The molecule has 0 unspecified atom stereocenters. The molecule has 0 saturated carbocycles. The van der Waals surface area contributed by atoms with Crippen molar-refractivity contribution in [3.8, 4) is 0 Å². The number of aliphatic hydroxyl groups is 1. The highest BCUT2D eigenvalue weighted by molar-refractivity contribution is 7.92. The molecule has 2 aromatic carbocycles. The predicted octanol–water partition coefficient (Wildman–Crippen LogP) is 2.57. The zero-order valence-electron chi connectivity index (χ0n) is 11.1. The second-order valence-corrected chi connectivity index (χ2v) is 6.13. The third-order valence-electron chi connectivity index (χ3n) is 2.93. The Morgan fingerprint density at radius 1 is 1.10 bits per heavy atom. The first kappa shape index (κ1) is 15.4. The maximum atomic E-state index is 13.3. The van der Waals surface area contributed by atoms with E-state index in [9.17, 15) is 17.2 Å². The number of benzene rings is 2. The quantitative estimate of drug-likeness (QED) is 0.911. The van der Waals surface area contributed by atoms with E-state index in [1.54, 1.807) is 6.92 Å². The number of hydrogen-bond acceptors (Lipinski definition) is 3. The lowest BCUT2D eigenvalue weighted by molar-refractivity contribution is 0.278. The molecule has 7 heteroatoms. The topological polar surface area (TPSA) is 66.4 Å². The Morgan fingerprint density at radius 3 is 2.38 bits per heavy atom. The Hall–Kier alpha value is -1.99. The van der Waals surface area contributed by atoms with Gasteiger partial charge in [-0.3, -0.25) is 4.72 Å². The van der Waals surface area contributed by atoms with E-state index in [1.165, 1.54) is 18.2 Å². The number of halogens is 2. The molecule has 0 aliphatic rings. The largest absolute Gasteiger partial charge is 0.392 e. The van der Waals surface area contributed by atoms with Gasteiger partial charge in [-0.2, -0.15) is 0 Å². The minimum atomic E-state index is -4.13. The Morgan fingerprint density at radius 2 is 1.71 bits per heavy atom. The van der Waals surface area contributed by atoms with Crippen LogP contribution in [0.3, 0.4) is 0 Å². The van der Waals surface area contributed by atoms with E-state index in [1.807, 2.05) is 0 Å². The average Bonchev–Trinajstić information content (AvgIpc) is 2.42. The van der Waals surface area contributed by atoms with Crippen molar-refractivity contribution in [2.75, 3.05) is 4.72 Å². The van der Waals surface area contributed by atoms with E-state index < -0.39 is 28.3 Å². The predicted molar refractivity (Wildman–Crippen MR) is 74.3 cm³/mol.